The van der Waals surface area contributed by atoms with E-state index < -0.39 is 0 Å². The minimum Gasteiger partial charge on any atom is -0.468 e. The number of rotatable bonds is 4. The molecular weight excluding hydrogens is 270 g/mol. The molecule has 0 aliphatic heterocycles. The lowest BCUT2D eigenvalue weighted by Crippen LogP contribution is -2.18. The largest absolute Gasteiger partial charge is 0.468 e. The first-order valence-electron chi connectivity index (χ1n) is 3.84. The zero-order valence-electron chi connectivity index (χ0n) is 7.81. The Morgan fingerprint density at radius 2 is 2.57 bits per heavy atom. The van der Waals surface area contributed by atoms with Crippen molar-refractivity contribution in [2.75, 3.05) is 12.9 Å². The Balaban J connectivity index is 2.41. The molecule has 0 aliphatic carbocycles. The van der Waals surface area contributed by atoms with Crippen molar-refractivity contribution in [2.24, 2.45) is 7.05 Å². The minimum atomic E-state index is -0.311. The fourth-order valence-corrected chi connectivity index (χ4v) is 2.13. The lowest BCUT2D eigenvalue weighted by atomic mass is 10.5. The summed E-state index contributed by atoms with van der Waals surface area (Å²) in [5, 5.41) is 4.69. The summed E-state index contributed by atoms with van der Waals surface area (Å²) in [6, 6.07) is 0. The van der Waals surface area contributed by atoms with Gasteiger partial charge in [0.15, 0.2) is 5.16 Å². The third kappa shape index (κ3) is 2.98. The summed E-state index contributed by atoms with van der Waals surface area (Å²) in [6.45, 7) is 0. The Morgan fingerprint density at radius 3 is 3.07 bits per heavy atom. The number of thioether (sulfide) groups is 1. The third-order valence-electron chi connectivity index (χ3n) is 1.49. The predicted molar refractivity (Wildman–Crippen MR) is 56.5 cm³/mol. The maximum atomic E-state index is 11.0. The lowest BCUT2D eigenvalue weighted by Gasteiger charge is -2.05. The van der Waals surface area contributed by atoms with Gasteiger partial charge in [0.25, 0.3) is 0 Å². The van der Waals surface area contributed by atoms with Crippen molar-refractivity contribution in [1.29, 1.82) is 0 Å². The minimum absolute atomic E-state index is 0.278. The molecule has 0 radical (unpaired) electrons. The maximum Gasteiger partial charge on any atom is 0.320 e. The van der Waals surface area contributed by atoms with Crippen LogP contribution in [0.1, 0.15) is 0 Å². The van der Waals surface area contributed by atoms with Crippen LogP contribution in [0.3, 0.4) is 0 Å². The number of esters is 1. The summed E-state index contributed by atoms with van der Waals surface area (Å²) in [6.07, 6.45) is 1.48. The van der Waals surface area contributed by atoms with E-state index in [0.717, 1.165) is 5.16 Å². The molecule has 0 aromatic carbocycles. The Kier molecular flexibility index (Phi) is 4.40. The van der Waals surface area contributed by atoms with Gasteiger partial charge in [-0.15, -0.1) is 0 Å². The molecule has 0 aliphatic rings. The third-order valence-corrected chi connectivity index (χ3v) is 3.74. The highest BCUT2D eigenvalue weighted by Crippen LogP contribution is 2.18. The molecule has 5 nitrogen and oxygen atoms in total. The van der Waals surface area contributed by atoms with E-state index >= 15 is 0 Å². The zero-order chi connectivity index (χ0) is 10.6. The number of hydrogen-bond donors (Lipinski definition) is 0. The van der Waals surface area contributed by atoms with Gasteiger partial charge in [-0.05, 0) is 0 Å². The first-order valence-corrected chi connectivity index (χ1v) is 5.74. The molecule has 0 fully saturated rings. The topological polar surface area (TPSA) is 57.0 Å². The number of hydrogen-bond acceptors (Lipinski definition) is 5. The molecular formula is C7H10BrN3O2S. The number of ether oxygens (including phenoxy) is 1. The molecule has 1 aromatic heterocycles. The molecule has 1 rings (SSSR count). The molecule has 1 heterocycles. The van der Waals surface area contributed by atoms with E-state index in [-0.39, 0.29) is 10.8 Å². The van der Waals surface area contributed by atoms with Crippen molar-refractivity contribution in [2.45, 2.75) is 9.98 Å². The second-order valence-corrected chi connectivity index (χ2v) is 4.56. The molecule has 0 bridgehead atoms. The second kappa shape index (κ2) is 5.35. The van der Waals surface area contributed by atoms with Crippen LogP contribution in [-0.4, -0.2) is 38.4 Å². The van der Waals surface area contributed by atoms with Gasteiger partial charge in [-0.1, -0.05) is 27.7 Å². The van der Waals surface area contributed by atoms with Crippen LogP contribution in [0.15, 0.2) is 11.5 Å². The monoisotopic (exact) mass is 279 g/mol. The maximum absolute atomic E-state index is 11.0. The number of methoxy groups -OCH3 is 1. The van der Waals surface area contributed by atoms with E-state index in [1.807, 2.05) is 0 Å². The lowest BCUT2D eigenvalue weighted by molar-refractivity contribution is -0.139. The molecule has 0 spiro atoms. The van der Waals surface area contributed by atoms with Crippen LogP contribution < -0.4 is 0 Å². The van der Waals surface area contributed by atoms with Crippen LogP contribution >= 0.6 is 27.7 Å². The van der Waals surface area contributed by atoms with Gasteiger partial charge < -0.3 is 4.74 Å². The summed E-state index contributed by atoms with van der Waals surface area (Å²) in [4.78, 5) is 14.7. The van der Waals surface area contributed by atoms with Gasteiger partial charge >= 0.3 is 5.97 Å². The first-order chi connectivity index (χ1) is 6.65. The Hall–Kier alpha value is -0.560. The van der Waals surface area contributed by atoms with E-state index in [1.165, 1.54) is 25.2 Å². The van der Waals surface area contributed by atoms with Crippen molar-refractivity contribution in [1.82, 2.24) is 14.8 Å². The van der Waals surface area contributed by atoms with Crippen LogP contribution in [0.5, 0.6) is 0 Å². The van der Waals surface area contributed by atoms with E-state index in [1.54, 1.807) is 11.7 Å². The quantitative estimate of drug-likeness (QED) is 0.465. The van der Waals surface area contributed by atoms with Crippen LogP contribution in [-0.2, 0) is 16.6 Å². The summed E-state index contributed by atoms with van der Waals surface area (Å²) in [7, 11) is 3.17. The van der Waals surface area contributed by atoms with E-state index in [2.05, 4.69) is 30.7 Å². The summed E-state index contributed by atoms with van der Waals surface area (Å²) in [5.74, 6) is 0.291. The van der Waals surface area contributed by atoms with E-state index in [0.29, 0.717) is 5.75 Å². The molecule has 0 amide bonds. The highest BCUT2D eigenvalue weighted by Gasteiger charge is 2.16. The van der Waals surface area contributed by atoms with Gasteiger partial charge in [-0.3, -0.25) is 4.79 Å². The standard InChI is InChI=1S/C7H10BrN3O2S/c1-11-7(9-4-10-11)14-3-5(8)6(12)13-2/h4-5H,3H2,1-2H3. The number of carbonyl (C=O) groups is 1. The van der Waals surface area contributed by atoms with Gasteiger partial charge in [0, 0.05) is 12.8 Å². The number of aryl methyl sites for hydroxylation is 1. The summed E-state index contributed by atoms with van der Waals surface area (Å²) < 4.78 is 6.22. The number of carbonyl (C=O) groups excluding carboxylic acids is 1. The van der Waals surface area contributed by atoms with E-state index in [9.17, 15) is 4.79 Å². The molecule has 0 saturated carbocycles. The highest BCUT2D eigenvalue weighted by molar-refractivity contribution is 9.10. The van der Waals surface area contributed by atoms with E-state index in [4.69, 9.17) is 0 Å². The van der Waals surface area contributed by atoms with Gasteiger partial charge in [0.05, 0.1) is 7.11 Å². The molecule has 1 aromatic rings. The molecule has 78 valence electrons. The fraction of sp³-hybridized carbons (Fsp3) is 0.571. The van der Waals surface area contributed by atoms with Gasteiger partial charge in [-0.25, -0.2) is 9.67 Å². The molecule has 14 heavy (non-hydrogen) atoms. The number of nitrogens with zero attached hydrogens (tertiary/aromatic N) is 3. The first kappa shape index (κ1) is 11.5. The number of aromatic nitrogens is 3. The zero-order valence-corrected chi connectivity index (χ0v) is 10.2. The van der Waals surface area contributed by atoms with Crippen molar-refractivity contribution in [3.8, 4) is 0 Å². The highest BCUT2D eigenvalue weighted by atomic mass is 79.9. The molecule has 7 heteroatoms. The normalized spacial score (nSPS) is 12.5. The van der Waals surface area contributed by atoms with Gasteiger partial charge in [0.1, 0.15) is 11.2 Å². The Bertz CT molecular complexity index is 318. The number of alkyl halides is 1. The molecule has 1 unspecified atom stereocenters. The number of halogens is 1. The van der Waals surface area contributed by atoms with Crippen LogP contribution in [0.2, 0.25) is 0 Å². The predicted octanol–water partition coefficient (Wildman–Crippen LogP) is 0.844. The molecule has 0 saturated heterocycles. The van der Waals surface area contributed by atoms with Gasteiger partial charge in [-0.2, -0.15) is 5.10 Å². The molecule has 1 atom stereocenters. The smallest absolute Gasteiger partial charge is 0.320 e. The Morgan fingerprint density at radius 1 is 1.86 bits per heavy atom. The average molecular weight is 280 g/mol. The van der Waals surface area contributed by atoms with Crippen molar-refractivity contribution in [3.05, 3.63) is 6.33 Å². The average Bonchev–Trinajstić information content (AvgIpc) is 2.59. The van der Waals surface area contributed by atoms with Crippen molar-refractivity contribution in [3.63, 3.8) is 0 Å². The second-order valence-electron chi connectivity index (χ2n) is 2.47. The van der Waals surface area contributed by atoms with Crippen molar-refractivity contribution >= 4 is 33.7 Å². The van der Waals surface area contributed by atoms with Gasteiger partial charge in [0.2, 0.25) is 0 Å². The van der Waals surface area contributed by atoms with Crippen LogP contribution in [0, 0.1) is 0 Å². The molecule has 0 N–H and O–H groups in total. The van der Waals surface area contributed by atoms with Crippen LogP contribution in [0.25, 0.3) is 0 Å². The SMILES string of the molecule is COC(=O)C(Br)CSc1ncnn1C. The van der Waals surface area contributed by atoms with Crippen molar-refractivity contribution < 1.29 is 9.53 Å². The van der Waals surface area contributed by atoms with Crippen LogP contribution in [0.4, 0.5) is 0 Å². The summed E-state index contributed by atoms with van der Waals surface area (Å²) in [5.41, 5.74) is 0. The Labute approximate surface area is 94.3 Å². The summed E-state index contributed by atoms with van der Waals surface area (Å²) >= 11 is 4.67. The fourth-order valence-electron chi connectivity index (χ4n) is 0.760.